The summed E-state index contributed by atoms with van der Waals surface area (Å²) in [5.41, 5.74) is 5.68. The Balaban J connectivity index is 2.54. The van der Waals surface area contributed by atoms with Crippen LogP contribution in [-0.4, -0.2) is 26.4 Å². The Labute approximate surface area is 107 Å². The summed E-state index contributed by atoms with van der Waals surface area (Å²) >= 11 is 6.85. The molecule has 0 atom stereocenters. The van der Waals surface area contributed by atoms with E-state index in [0.29, 0.717) is 0 Å². The number of aryl methyl sites for hydroxylation is 2. The lowest BCUT2D eigenvalue weighted by Crippen LogP contribution is -2.40. The van der Waals surface area contributed by atoms with Crippen LogP contribution in [0.1, 0.15) is 25.1 Å². The number of nitrogens with one attached hydrogen (secondary N) is 1. The van der Waals surface area contributed by atoms with Gasteiger partial charge in [0, 0.05) is 36.9 Å². The van der Waals surface area contributed by atoms with Crippen LogP contribution in [0.25, 0.3) is 0 Å². The van der Waals surface area contributed by atoms with Gasteiger partial charge in [0.15, 0.2) is 4.32 Å². The van der Waals surface area contributed by atoms with Crippen molar-refractivity contribution >= 4 is 28.5 Å². The van der Waals surface area contributed by atoms with Crippen LogP contribution in [0.15, 0.2) is 12.3 Å². The molecule has 0 aromatic carbocycles. The highest BCUT2D eigenvalue weighted by molar-refractivity contribution is 8.22. The number of hydrogen-bond donors (Lipinski definition) is 1. The van der Waals surface area contributed by atoms with Gasteiger partial charge in [-0.05, 0) is 37.7 Å². The van der Waals surface area contributed by atoms with E-state index >= 15 is 0 Å². The fraction of sp³-hybridized carbons (Fsp3) is 0.545. The topological polar surface area (TPSA) is 20.2 Å². The minimum absolute atomic E-state index is 0.780. The zero-order chi connectivity index (χ0) is 12.1. The Hall–Kier alpha value is -0.520. The maximum atomic E-state index is 5.30. The maximum absolute atomic E-state index is 5.30. The number of nitrogens with zero attached hydrogens (tertiary/aromatic N) is 2. The molecule has 1 heterocycles. The van der Waals surface area contributed by atoms with Crippen LogP contribution < -0.4 is 5.43 Å². The van der Waals surface area contributed by atoms with Crippen LogP contribution in [0.5, 0.6) is 0 Å². The molecule has 0 aliphatic rings. The maximum Gasteiger partial charge on any atom is 0.169 e. The van der Waals surface area contributed by atoms with E-state index in [2.05, 4.69) is 54.4 Å². The lowest BCUT2D eigenvalue weighted by atomic mass is 10.4. The SMILES string of the molecule is CCN(CC)NC(=S)Sn1cc(C)cc1C. The summed E-state index contributed by atoms with van der Waals surface area (Å²) in [6, 6.07) is 2.15. The molecule has 0 aliphatic heterocycles. The van der Waals surface area contributed by atoms with Crippen LogP contribution in [0.2, 0.25) is 0 Å². The van der Waals surface area contributed by atoms with Crippen molar-refractivity contribution in [3.8, 4) is 0 Å². The van der Waals surface area contributed by atoms with Crippen molar-refractivity contribution in [3.63, 3.8) is 0 Å². The van der Waals surface area contributed by atoms with Gasteiger partial charge in [-0.15, -0.1) is 0 Å². The van der Waals surface area contributed by atoms with Gasteiger partial charge in [0.05, 0.1) is 0 Å². The van der Waals surface area contributed by atoms with Crippen molar-refractivity contribution in [1.29, 1.82) is 0 Å². The summed E-state index contributed by atoms with van der Waals surface area (Å²) in [7, 11) is 0. The third kappa shape index (κ3) is 3.81. The van der Waals surface area contributed by atoms with Crippen molar-refractivity contribution < 1.29 is 0 Å². The molecule has 0 unspecified atom stereocenters. The van der Waals surface area contributed by atoms with Crippen molar-refractivity contribution in [3.05, 3.63) is 23.5 Å². The number of aromatic nitrogens is 1. The first-order chi connectivity index (χ1) is 7.56. The van der Waals surface area contributed by atoms with Crippen molar-refractivity contribution in [2.24, 2.45) is 0 Å². The second-order valence-electron chi connectivity index (χ2n) is 3.65. The smallest absolute Gasteiger partial charge is 0.169 e. The van der Waals surface area contributed by atoms with Crippen LogP contribution in [0.3, 0.4) is 0 Å². The molecule has 0 saturated heterocycles. The van der Waals surface area contributed by atoms with E-state index in [-0.39, 0.29) is 0 Å². The van der Waals surface area contributed by atoms with Gasteiger partial charge in [-0.2, -0.15) is 0 Å². The lowest BCUT2D eigenvalue weighted by molar-refractivity contribution is 0.267. The van der Waals surface area contributed by atoms with E-state index in [1.54, 1.807) is 11.9 Å². The van der Waals surface area contributed by atoms with Crippen LogP contribution >= 0.6 is 24.2 Å². The third-order valence-corrected chi connectivity index (χ3v) is 3.46. The Morgan fingerprint density at radius 1 is 1.44 bits per heavy atom. The van der Waals surface area contributed by atoms with Gasteiger partial charge in [0.2, 0.25) is 0 Å². The molecule has 0 saturated carbocycles. The average Bonchev–Trinajstić information content (AvgIpc) is 2.54. The molecule has 1 aromatic rings. The standard InChI is InChI=1S/C11H19N3S2/c1-5-13(6-2)12-11(15)16-14-8-9(3)7-10(14)4/h7-8H,5-6H2,1-4H3,(H,12,15). The Morgan fingerprint density at radius 3 is 2.50 bits per heavy atom. The second-order valence-corrected chi connectivity index (χ2v) is 5.30. The monoisotopic (exact) mass is 257 g/mol. The normalized spacial score (nSPS) is 10.8. The first kappa shape index (κ1) is 13.5. The summed E-state index contributed by atoms with van der Waals surface area (Å²) in [6.45, 7) is 10.3. The van der Waals surface area contributed by atoms with Gasteiger partial charge >= 0.3 is 0 Å². The minimum Gasteiger partial charge on any atom is -0.303 e. The first-order valence-corrected chi connectivity index (χ1v) is 6.64. The number of hydrogen-bond acceptors (Lipinski definition) is 3. The molecule has 3 nitrogen and oxygen atoms in total. The zero-order valence-corrected chi connectivity index (χ0v) is 11.9. The first-order valence-electron chi connectivity index (χ1n) is 5.46. The summed E-state index contributed by atoms with van der Waals surface area (Å²) < 4.78 is 2.87. The van der Waals surface area contributed by atoms with Crippen molar-refractivity contribution in [2.75, 3.05) is 13.1 Å². The molecule has 1 rings (SSSR count). The lowest BCUT2D eigenvalue weighted by Gasteiger charge is -2.20. The van der Waals surface area contributed by atoms with E-state index in [1.165, 1.54) is 11.3 Å². The third-order valence-electron chi connectivity index (χ3n) is 2.30. The highest BCUT2D eigenvalue weighted by Gasteiger charge is 2.06. The highest BCUT2D eigenvalue weighted by Crippen LogP contribution is 2.15. The molecule has 16 heavy (non-hydrogen) atoms. The van der Waals surface area contributed by atoms with Gasteiger partial charge in [-0.3, -0.25) is 3.97 Å². The fourth-order valence-corrected chi connectivity index (χ4v) is 2.57. The van der Waals surface area contributed by atoms with E-state index in [1.807, 2.05) is 0 Å². The molecule has 0 aliphatic carbocycles. The highest BCUT2D eigenvalue weighted by atomic mass is 32.2. The van der Waals surface area contributed by atoms with Gasteiger partial charge in [0.25, 0.3) is 0 Å². The predicted octanol–water partition coefficient (Wildman–Crippen LogP) is 2.73. The van der Waals surface area contributed by atoms with Gasteiger partial charge in [-0.25, -0.2) is 5.01 Å². The van der Waals surface area contributed by atoms with E-state index in [9.17, 15) is 0 Å². The molecule has 0 spiro atoms. The van der Waals surface area contributed by atoms with Crippen LogP contribution in [-0.2, 0) is 0 Å². The Bertz CT molecular complexity index is 356. The van der Waals surface area contributed by atoms with E-state index in [4.69, 9.17) is 12.2 Å². The quantitative estimate of drug-likeness (QED) is 0.661. The molecule has 5 heteroatoms. The molecule has 0 bridgehead atoms. The van der Waals surface area contributed by atoms with E-state index in [0.717, 1.165) is 17.4 Å². The molecule has 0 fully saturated rings. The zero-order valence-electron chi connectivity index (χ0n) is 10.3. The van der Waals surface area contributed by atoms with E-state index < -0.39 is 0 Å². The molecule has 0 radical (unpaired) electrons. The van der Waals surface area contributed by atoms with Crippen molar-refractivity contribution in [2.45, 2.75) is 27.7 Å². The average molecular weight is 257 g/mol. The summed E-state index contributed by atoms with van der Waals surface area (Å²) in [6.07, 6.45) is 2.09. The number of hydrazine groups is 1. The van der Waals surface area contributed by atoms with Gasteiger partial charge in [-0.1, -0.05) is 13.8 Å². The van der Waals surface area contributed by atoms with Gasteiger partial charge < -0.3 is 5.43 Å². The van der Waals surface area contributed by atoms with Crippen LogP contribution in [0.4, 0.5) is 0 Å². The molecule has 90 valence electrons. The number of rotatable bonds is 4. The van der Waals surface area contributed by atoms with Crippen LogP contribution in [0, 0.1) is 13.8 Å². The predicted molar refractivity (Wildman–Crippen MR) is 75.5 cm³/mol. The molecular formula is C11H19N3S2. The van der Waals surface area contributed by atoms with Crippen molar-refractivity contribution in [1.82, 2.24) is 14.4 Å². The fourth-order valence-electron chi connectivity index (χ4n) is 1.44. The Kier molecular flexibility index (Phi) is 5.31. The summed E-state index contributed by atoms with van der Waals surface area (Å²) in [5, 5.41) is 2.08. The van der Waals surface area contributed by atoms with Gasteiger partial charge in [0.1, 0.15) is 0 Å². The largest absolute Gasteiger partial charge is 0.303 e. The summed E-state index contributed by atoms with van der Waals surface area (Å²) in [4.78, 5) is 0. The Morgan fingerprint density at radius 2 is 2.06 bits per heavy atom. The molecule has 1 N–H and O–H groups in total. The summed E-state index contributed by atoms with van der Waals surface area (Å²) in [5.74, 6) is 0. The minimum atomic E-state index is 0.780. The second kappa shape index (κ2) is 6.27. The molecule has 0 amide bonds. The molecule has 1 aromatic heterocycles. The molecular weight excluding hydrogens is 238 g/mol. The number of thiocarbonyl (C=S) groups is 1.